The van der Waals surface area contributed by atoms with Gasteiger partial charge in [-0.3, -0.25) is 4.79 Å². The average Bonchev–Trinajstić information content (AvgIpc) is 3.00. The van der Waals surface area contributed by atoms with Crippen LogP contribution in [0, 0.1) is 0 Å². The Kier molecular flexibility index (Phi) is 4.53. The first-order valence-electron chi connectivity index (χ1n) is 7.37. The lowest BCUT2D eigenvalue weighted by Gasteiger charge is -2.12. The Bertz CT molecular complexity index is 671. The summed E-state index contributed by atoms with van der Waals surface area (Å²) >= 11 is 5.94. The van der Waals surface area contributed by atoms with Crippen molar-refractivity contribution in [3.8, 4) is 0 Å². The number of halogens is 1. The number of carbonyl (C=O) groups is 1. The molecule has 0 saturated heterocycles. The lowest BCUT2D eigenvalue weighted by atomic mass is 10.2. The molecule has 1 aromatic carbocycles. The van der Waals surface area contributed by atoms with Crippen LogP contribution in [0.5, 0.6) is 0 Å². The molecule has 1 aliphatic carbocycles. The Labute approximate surface area is 134 Å². The lowest BCUT2D eigenvalue weighted by molar-refractivity contribution is 0.0933. The van der Waals surface area contributed by atoms with E-state index in [9.17, 15) is 4.79 Å². The molecule has 2 N–H and O–H groups in total. The van der Waals surface area contributed by atoms with Gasteiger partial charge in [-0.2, -0.15) is 0 Å². The van der Waals surface area contributed by atoms with Gasteiger partial charge in [0.1, 0.15) is 5.69 Å². The summed E-state index contributed by atoms with van der Waals surface area (Å²) in [5, 5.41) is 6.69. The summed E-state index contributed by atoms with van der Waals surface area (Å²) < 4.78 is 0. The molecular weight excluding hydrogens is 300 g/mol. The van der Waals surface area contributed by atoms with Crippen molar-refractivity contribution >= 4 is 29.1 Å². The number of hydrogen-bond acceptors (Lipinski definition) is 4. The van der Waals surface area contributed by atoms with E-state index >= 15 is 0 Å². The standard InChI is InChI=1S/C16H17ClN4O/c17-11-4-3-7-13(10-11)20-16-18-9-8-14(21-16)15(22)19-12-5-1-2-6-12/h3-4,7-10,12H,1-2,5-6H2,(H,19,22)(H,18,20,21). The van der Waals surface area contributed by atoms with Gasteiger partial charge in [0.2, 0.25) is 5.95 Å². The maximum atomic E-state index is 12.2. The molecular formula is C16H17ClN4O. The van der Waals surface area contributed by atoms with Gasteiger partial charge < -0.3 is 10.6 Å². The van der Waals surface area contributed by atoms with E-state index in [0.717, 1.165) is 18.5 Å². The van der Waals surface area contributed by atoms with Crippen LogP contribution in [0.1, 0.15) is 36.2 Å². The molecule has 0 atom stereocenters. The number of hydrogen-bond donors (Lipinski definition) is 2. The Balaban J connectivity index is 1.70. The van der Waals surface area contributed by atoms with Crippen LogP contribution in [-0.2, 0) is 0 Å². The highest BCUT2D eigenvalue weighted by molar-refractivity contribution is 6.30. The van der Waals surface area contributed by atoms with E-state index in [1.165, 1.54) is 12.8 Å². The fourth-order valence-electron chi connectivity index (χ4n) is 2.57. The van der Waals surface area contributed by atoms with Gasteiger partial charge in [-0.25, -0.2) is 9.97 Å². The highest BCUT2D eigenvalue weighted by Crippen LogP contribution is 2.19. The summed E-state index contributed by atoms with van der Waals surface area (Å²) in [6.07, 6.45) is 6.02. The number of amides is 1. The first-order chi connectivity index (χ1) is 10.7. The lowest BCUT2D eigenvalue weighted by Crippen LogP contribution is -2.33. The van der Waals surface area contributed by atoms with Crippen LogP contribution < -0.4 is 10.6 Å². The first-order valence-corrected chi connectivity index (χ1v) is 7.75. The average molecular weight is 317 g/mol. The molecule has 0 bridgehead atoms. The van der Waals surface area contributed by atoms with Crippen LogP contribution in [0.2, 0.25) is 5.02 Å². The fourth-order valence-corrected chi connectivity index (χ4v) is 2.76. The van der Waals surface area contributed by atoms with E-state index in [4.69, 9.17) is 11.6 Å². The largest absolute Gasteiger partial charge is 0.348 e. The quantitative estimate of drug-likeness (QED) is 0.905. The number of aromatic nitrogens is 2. The van der Waals surface area contributed by atoms with Gasteiger partial charge in [-0.1, -0.05) is 30.5 Å². The molecule has 1 aliphatic rings. The summed E-state index contributed by atoms with van der Waals surface area (Å²) in [6, 6.07) is 9.15. The minimum Gasteiger partial charge on any atom is -0.348 e. The van der Waals surface area contributed by atoms with E-state index in [1.54, 1.807) is 24.4 Å². The van der Waals surface area contributed by atoms with Crippen molar-refractivity contribution in [1.82, 2.24) is 15.3 Å². The van der Waals surface area contributed by atoms with Gasteiger partial charge in [0.15, 0.2) is 0 Å². The van der Waals surface area contributed by atoms with E-state index in [-0.39, 0.29) is 11.9 Å². The molecule has 6 heteroatoms. The first kappa shape index (κ1) is 14.8. The van der Waals surface area contributed by atoms with Crippen molar-refractivity contribution in [3.05, 3.63) is 47.2 Å². The molecule has 2 aromatic rings. The third-order valence-electron chi connectivity index (χ3n) is 3.66. The van der Waals surface area contributed by atoms with Crippen LogP contribution >= 0.6 is 11.6 Å². The highest BCUT2D eigenvalue weighted by Gasteiger charge is 2.18. The fraction of sp³-hybridized carbons (Fsp3) is 0.312. The third kappa shape index (κ3) is 3.74. The van der Waals surface area contributed by atoms with E-state index in [1.807, 2.05) is 12.1 Å². The molecule has 1 fully saturated rings. The van der Waals surface area contributed by atoms with Crippen LogP contribution in [0.25, 0.3) is 0 Å². The van der Waals surface area contributed by atoms with Crippen molar-refractivity contribution in [2.45, 2.75) is 31.7 Å². The van der Waals surface area contributed by atoms with Crippen molar-refractivity contribution in [3.63, 3.8) is 0 Å². The second-order valence-electron chi connectivity index (χ2n) is 5.36. The minimum atomic E-state index is -0.150. The van der Waals surface area contributed by atoms with Crippen LogP contribution in [0.3, 0.4) is 0 Å². The van der Waals surface area contributed by atoms with Crippen molar-refractivity contribution in [1.29, 1.82) is 0 Å². The second kappa shape index (κ2) is 6.75. The predicted molar refractivity (Wildman–Crippen MR) is 86.5 cm³/mol. The number of nitrogens with zero attached hydrogens (tertiary/aromatic N) is 2. The van der Waals surface area contributed by atoms with E-state index < -0.39 is 0 Å². The molecule has 1 heterocycles. The molecule has 3 rings (SSSR count). The summed E-state index contributed by atoms with van der Waals surface area (Å²) in [4.78, 5) is 20.6. The van der Waals surface area contributed by atoms with Gasteiger partial charge in [-0.05, 0) is 37.1 Å². The minimum absolute atomic E-state index is 0.150. The highest BCUT2D eigenvalue weighted by atomic mass is 35.5. The summed E-state index contributed by atoms with van der Waals surface area (Å²) in [5.41, 5.74) is 1.15. The molecule has 22 heavy (non-hydrogen) atoms. The van der Waals surface area contributed by atoms with Gasteiger partial charge in [0.05, 0.1) is 0 Å². The van der Waals surface area contributed by atoms with Crippen LogP contribution in [-0.4, -0.2) is 21.9 Å². The molecule has 0 unspecified atom stereocenters. The number of nitrogens with one attached hydrogen (secondary N) is 2. The summed E-state index contributed by atoms with van der Waals surface area (Å²) in [6.45, 7) is 0. The van der Waals surface area contributed by atoms with Crippen LogP contribution in [0.15, 0.2) is 36.5 Å². The van der Waals surface area contributed by atoms with E-state index in [2.05, 4.69) is 20.6 Å². The number of carbonyl (C=O) groups excluding carboxylic acids is 1. The number of anilines is 2. The second-order valence-corrected chi connectivity index (χ2v) is 5.79. The van der Waals surface area contributed by atoms with Gasteiger partial charge >= 0.3 is 0 Å². The predicted octanol–water partition coefficient (Wildman–Crippen LogP) is 3.55. The molecule has 1 amide bonds. The van der Waals surface area contributed by atoms with Gasteiger partial charge in [0.25, 0.3) is 5.91 Å². The Morgan fingerprint density at radius 3 is 2.82 bits per heavy atom. The Morgan fingerprint density at radius 1 is 1.23 bits per heavy atom. The number of rotatable bonds is 4. The molecule has 1 saturated carbocycles. The SMILES string of the molecule is O=C(NC1CCCC1)c1ccnc(Nc2cccc(Cl)c2)n1. The third-order valence-corrected chi connectivity index (χ3v) is 3.89. The number of benzene rings is 1. The molecule has 5 nitrogen and oxygen atoms in total. The Hall–Kier alpha value is -2.14. The zero-order valence-corrected chi connectivity index (χ0v) is 12.8. The molecule has 0 spiro atoms. The smallest absolute Gasteiger partial charge is 0.270 e. The molecule has 1 aromatic heterocycles. The zero-order valence-electron chi connectivity index (χ0n) is 12.1. The topological polar surface area (TPSA) is 66.9 Å². The molecule has 114 valence electrons. The maximum absolute atomic E-state index is 12.2. The monoisotopic (exact) mass is 316 g/mol. The summed E-state index contributed by atoms with van der Waals surface area (Å²) in [5.74, 6) is 0.227. The zero-order chi connectivity index (χ0) is 15.4. The van der Waals surface area contributed by atoms with Gasteiger partial charge in [0, 0.05) is 22.9 Å². The van der Waals surface area contributed by atoms with E-state index in [0.29, 0.717) is 16.7 Å². The maximum Gasteiger partial charge on any atom is 0.270 e. The van der Waals surface area contributed by atoms with Crippen molar-refractivity contribution < 1.29 is 4.79 Å². The van der Waals surface area contributed by atoms with Crippen molar-refractivity contribution in [2.24, 2.45) is 0 Å². The Morgan fingerprint density at radius 2 is 2.05 bits per heavy atom. The van der Waals surface area contributed by atoms with Gasteiger partial charge in [-0.15, -0.1) is 0 Å². The normalized spacial score (nSPS) is 14.8. The summed E-state index contributed by atoms with van der Waals surface area (Å²) in [7, 11) is 0. The van der Waals surface area contributed by atoms with Crippen LogP contribution in [0.4, 0.5) is 11.6 Å². The molecule has 0 aliphatic heterocycles. The van der Waals surface area contributed by atoms with Crippen molar-refractivity contribution in [2.75, 3.05) is 5.32 Å². The molecule has 0 radical (unpaired) electrons.